The Morgan fingerprint density at radius 1 is 1.57 bits per heavy atom. The van der Waals surface area contributed by atoms with Gasteiger partial charge in [0.15, 0.2) is 6.10 Å². The third-order valence-electron chi connectivity index (χ3n) is 1.44. The minimum atomic E-state index is -1.20. The number of ether oxygens (including phenoxy) is 1. The van der Waals surface area contributed by atoms with Crippen LogP contribution in [0.4, 0.5) is 0 Å². The smallest absolute Gasteiger partial charge is 0.344 e. The number of aromatic nitrogens is 2. The highest BCUT2D eigenvalue weighted by Crippen LogP contribution is 2.00. The van der Waals surface area contributed by atoms with Crippen LogP contribution in [0.1, 0.15) is 6.92 Å². The highest BCUT2D eigenvalue weighted by molar-refractivity contribution is 5.72. The van der Waals surface area contributed by atoms with Crippen LogP contribution in [-0.2, 0) is 4.79 Å². The number of nitrogens with one attached hydrogen (secondary N) is 2. The lowest BCUT2D eigenvalue weighted by Gasteiger charge is -2.07. The first-order valence-corrected chi connectivity index (χ1v) is 3.72. The average molecular weight is 200 g/mol. The first-order valence-electron chi connectivity index (χ1n) is 3.72. The van der Waals surface area contributed by atoms with Gasteiger partial charge in [-0.1, -0.05) is 0 Å². The zero-order valence-electron chi connectivity index (χ0n) is 7.23. The van der Waals surface area contributed by atoms with Crippen molar-refractivity contribution in [2.24, 2.45) is 0 Å². The lowest BCUT2D eigenvalue weighted by molar-refractivity contribution is -0.144. The molecule has 0 amide bonds. The van der Waals surface area contributed by atoms with Crippen LogP contribution in [0.3, 0.4) is 0 Å². The summed E-state index contributed by atoms with van der Waals surface area (Å²) >= 11 is 0. The molecule has 3 N–H and O–H groups in total. The van der Waals surface area contributed by atoms with E-state index in [1.807, 2.05) is 4.98 Å². The van der Waals surface area contributed by atoms with E-state index in [2.05, 4.69) is 4.98 Å². The fourth-order valence-electron chi connectivity index (χ4n) is 0.726. The van der Waals surface area contributed by atoms with Crippen molar-refractivity contribution in [3.8, 4) is 5.75 Å². The molecule has 0 bridgehead atoms. The van der Waals surface area contributed by atoms with Gasteiger partial charge in [0.05, 0.1) is 6.20 Å². The number of carbonyl (C=O) groups is 1. The molecule has 0 fully saturated rings. The van der Waals surface area contributed by atoms with Gasteiger partial charge in [0, 0.05) is 0 Å². The number of rotatable bonds is 3. The first kappa shape index (κ1) is 10.0. The maximum absolute atomic E-state index is 11.0. The second kappa shape index (κ2) is 3.77. The Hall–Kier alpha value is -2.05. The van der Waals surface area contributed by atoms with E-state index in [0.717, 1.165) is 6.20 Å². The van der Waals surface area contributed by atoms with Crippen molar-refractivity contribution in [3.05, 3.63) is 27.0 Å². The molecule has 0 radical (unpaired) electrons. The minimum absolute atomic E-state index is 0.237. The van der Waals surface area contributed by atoms with E-state index in [0.29, 0.717) is 0 Å². The van der Waals surface area contributed by atoms with E-state index in [1.165, 1.54) is 6.92 Å². The summed E-state index contributed by atoms with van der Waals surface area (Å²) in [6, 6.07) is 0. The molecule has 0 spiro atoms. The molecule has 0 aliphatic rings. The van der Waals surface area contributed by atoms with E-state index >= 15 is 0 Å². The van der Waals surface area contributed by atoms with Crippen molar-refractivity contribution in [2.45, 2.75) is 13.0 Å². The second-order valence-corrected chi connectivity index (χ2v) is 2.53. The van der Waals surface area contributed by atoms with E-state index < -0.39 is 23.3 Å². The van der Waals surface area contributed by atoms with Gasteiger partial charge in [-0.3, -0.25) is 9.78 Å². The van der Waals surface area contributed by atoms with Crippen molar-refractivity contribution in [1.82, 2.24) is 9.97 Å². The summed E-state index contributed by atoms with van der Waals surface area (Å²) in [5.41, 5.74) is -1.44. The van der Waals surface area contributed by atoms with Crippen molar-refractivity contribution in [2.75, 3.05) is 0 Å². The third-order valence-corrected chi connectivity index (χ3v) is 1.44. The molecule has 76 valence electrons. The molecule has 0 aliphatic heterocycles. The minimum Gasteiger partial charge on any atom is -0.479 e. The first-order chi connectivity index (χ1) is 6.50. The molecule has 1 aromatic rings. The van der Waals surface area contributed by atoms with Crippen LogP contribution in [0.5, 0.6) is 5.75 Å². The Kier molecular flexibility index (Phi) is 2.70. The van der Waals surface area contributed by atoms with Crippen LogP contribution in [0.2, 0.25) is 0 Å². The normalized spacial score (nSPS) is 12.1. The fourth-order valence-corrected chi connectivity index (χ4v) is 0.726. The largest absolute Gasteiger partial charge is 0.479 e. The van der Waals surface area contributed by atoms with Crippen LogP contribution in [0, 0.1) is 0 Å². The van der Waals surface area contributed by atoms with Crippen molar-refractivity contribution >= 4 is 5.97 Å². The predicted octanol–water partition coefficient (Wildman–Crippen LogP) is -1.08. The summed E-state index contributed by atoms with van der Waals surface area (Å²) in [5.74, 6) is -1.44. The number of aromatic amines is 2. The van der Waals surface area contributed by atoms with Crippen molar-refractivity contribution < 1.29 is 14.6 Å². The molecule has 1 atom stereocenters. The highest BCUT2D eigenvalue weighted by atomic mass is 16.5. The summed E-state index contributed by atoms with van der Waals surface area (Å²) in [5, 5.41) is 8.48. The molecular formula is C7H8N2O5. The summed E-state index contributed by atoms with van der Waals surface area (Å²) in [4.78, 5) is 36.0. The predicted molar refractivity (Wildman–Crippen MR) is 45.4 cm³/mol. The molecule has 7 heteroatoms. The van der Waals surface area contributed by atoms with Crippen LogP contribution in [-0.4, -0.2) is 27.1 Å². The molecule has 0 aliphatic carbocycles. The van der Waals surface area contributed by atoms with Gasteiger partial charge in [-0.05, 0) is 6.92 Å². The molecule has 0 saturated heterocycles. The molecule has 7 nitrogen and oxygen atoms in total. The molecule has 1 heterocycles. The number of carboxylic acid groups (broad SMARTS) is 1. The van der Waals surface area contributed by atoms with Gasteiger partial charge in [-0.2, -0.15) is 0 Å². The highest BCUT2D eigenvalue weighted by Gasteiger charge is 2.14. The third kappa shape index (κ3) is 2.22. The van der Waals surface area contributed by atoms with Crippen molar-refractivity contribution in [1.29, 1.82) is 0 Å². The maximum atomic E-state index is 11.0. The maximum Gasteiger partial charge on any atom is 0.344 e. The van der Waals surface area contributed by atoms with Gasteiger partial charge in [-0.15, -0.1) is 0 Å². The summed E-state index contributed by atoms with van der Waals surface area (Å²) in [6.45, 7) is 1.27. The Morgan fingerprint density at radius 3 is 2.71 bits per heavy atom. The van der Waals surface area contributed by atoms with E-state index in [9.17, 15) is 14.4 Å². The zero-order chi connectivity index (χ0) is 10.7. The topological polar surface area (TPSA) is 112 Å². The van der Waals surface area contributed by atoms with Gasteiger partial charge in [0.2, 0.25) is 5.75 Å². The molecule has 1 rings (SSSR count). The Morgan fingerprint density at radius 2 is 2.21 bits per heavy atom. The standard InChI is InChI=1S/C7H8N2O5/c1-3(6(11)12)14-4-2-8-7(13)9-5(4)10/h2-3H,1H3,(H,11,12)(H2,8,9,10,13). The van der Waals surface area contributed by atoms with Gasteiger partial charge in [0.25, 0.3) is 5.56 Å². The molecule has 1 aromatic heterocycles. The van der Waals surface area contributed by atoms with Crippen molar-refractivity contribution in [3.63, 3.8) is 0 Å². The molecule has 1 unspecified atom stereocenters. The average Bonchev–Trinajstić information content (AvgIpc) is 2.09. The fraction of sp³-hybridized carbons (Fsp3) is 0.286. The number of hydrogen-bond acceptors (Lipinski definition) is 4. The summed E-state index contributed by atoms with van der Waals surface area (Å²) in [7, 11) is 0. The number of hydrogen-bond donors (Lipinski definition) is 3. The second-order valence-electron chi connectivity index (χ2n) is 2.53. The molecule has 14 heavy (non-hydrogen) atoms. The molecule has 0 aromatic carbocycles. The van der Waals surface area contributed by atoms with Gasteiger partial charge in [-0.25, -0.2) is 9.59 Å². The quantitative estimate of drug-likeness (QED) is 0.574. The van der Waals surface area contributed by atoms with Gasteiger partial charge in [0.1, 0.15) is 0 Å². The van der Waals surface area contributed by atoms with Crippen LogP contribution in [0.25, 0.3) is 0 Å². The Labute approximate surface area is 77.4 Å². The summed E-state index contributed by atoms with van der Waals surface area (Å²) in [6.07, 6.45) is -0.136. The number of carboxylic acids is 1. The van der Waals surface area contributed by atoms with Crippen LogP contribution >= 0.6 is 0 Å². The monoisotopic (exact) mass is 200 g/mol. The zero-order valence-corrected chi connectivity index (χ0v) is 7.23. The Bertz CT molecular complexity index is 446. The van der Waals surface area contributed by atoms with E-state index in [1.54, 1.807) is 0 Å². The lowest BCUT2D eigenvalue weighted by atomic mass is 10.4. The van der Waals surface area contributed by atoms with Crippen LogP contribution < -0.4 is 16.0 Å². The van der Waals surface area contributed by atoms with Crippen LogP contribution in [0.15, 0.2) is 15.8 Å². The SMILES string of the molecule is CC(Oc1c[nH]c(=O)[nH]c1=O)C(=O)O. The van der Waals surface area contributed by atoms with Gasteiger partial charge >= 0.3 is 11.7 Å². The van der Waals surface area contributed by atoms with E-state index in [-0.39, 0.29) is 5.75 Å². The lowest BCUT2D eigenvalue weighted by Crippen LogP contribution is -2.29. The van der Waals surface area contributed by atoms with Gasteiger partial charge < -0.3 is 14.8 Å². The molecule has 0 saturated carbocycles. The number of H-pyrrole nitrogens is 2. The molecular weight excluding hydrogens is 192 g/mol. The van der Waals surface area contributed by atoms with E-state index in [4.69, 9.17) is 9.84 Å². The number of aliphatic carboxylic acids is 1. The summed E-state index contributed by atoms with van der Waals surface area (Å²) < 4.78 is 4.75. The Balaban J connectivity index is 2.93.